The van der Waals surface area contributed by atoms with E-state index in [2.05, 4.69) is 5.32 Å². The van der Waals surface area contributed by atoms with Crippen molar-refractivity contribution in [3.05, 3.63) is 35.4 Å². The molecule has 1 aromatic rings. The van der Waals surface area contributed by atoms with Crippen LogP contribution in [0.1, 0.15) is 57.0 Å². The first kappa shape index (κ1) is 27.1. The number of nitrogens with one attached hydrogen (secondary N) is 2. The van der Waals surface area contributed by atoms with E-state index < -0.39 is 47.4 Å². The Bertz CT molecular complexity index is 928. The SMILES string of the molecule is Cc1ccc(C(=O)C[C@H](C)[C@@H](C[B]OC=N)C(=O)N2C(=O)C(NC(=O)OC(C)(C)C)[C@H]2C)cc1. The highest BCUT2D eigenvalue weighted by Crippen LogP contribution is 2.30. The molecule has 10 heteroatoms. The summed E-state index contributed by atoms with van der Waals surface area (Å²) in [5, 5.41) is 9.53. The summed E-state index contributed by atoms with van der Waals surface area (Å²) >= 11 is 0. The Morgan fingerprint density at radius 2 is 1.85 bits per heavy atom. The number of carbonyl (C=O) groups excluding carboxylic acids is 4. The summed E-state index contributed by atoms with van der Waals surface area (Å²) in [6.45, 7) is 10.5. The molecule has 0 saturated carbocycles. The van der Waals surface area contributed by atoms with Crippen LogP contribution >= 0.6 is 0 Å². The lowest BCUT2D eigenvalue weighted by Gasteiger charge is -2.45. The molecule has 2 rings (SSSR count). The zero-order chi connectivity index (χ0) is 25.6. The lowest BCUT2D eigenvalue weighted by atomic mass is 9.74. The number of imide groups is 1. The van der Waals surface area contributed by atoms with Crippen molar-refractivity contribution < 1.29 is 28.6 Å². The maximum Gasteiger partial charge on any atom is 0.408 e. The summed E-state index contributed by atoms with van der Waals surface area (Å²) in [5.41, 5.74) is 0.874. The molecule has 4 atom stereocenters. The fraction of sp³-hybridized carbons (Fsp3) is 0.542. The van der Waals surface area contributed by atoms with Crippen LogP contribution in [0, 0.1) is 24.2 Å². The number of alkyl carbamates (subject to hydrolysis) is 1. The fourth-order valence-electron chi connectivity index (χ4n) is 3.80. The third kappa shape index (κ3) is 6.92. The molecule has 1 unspecified atom stereocenters. The smallest absolute Gasteiger partial charge is 0.408 e. The minimum absolute atomic E-state index is 0.105. The lowest BCUT2D eigenvalue weighted by molar-refractivity contribution is -0.164. The van der Waals surface area contributed by atoms with Gasteiger partial charge in [-0.3, -0.25) is 24.7 Å². The lowest BCUT2D eigenvalue weighted by Crippen LogP contribution is -2.72. The van der Waals surface area contributed by atoms with Crippen LogP contribution in [-0.4, -0.2) is 60.2 Å². The third-order valence-corrected chi connectivity index (χ3v) is 5.70. The van der Waals surface area contributed by atoms with Gasteiger partial charge in [-0.15, -0.1) is 0 Å². The normalized spacial score (nSPS) is 19.4. The summed E-state index contributed by atoms with van der Waals surface area (Å²) < 4.78 is 10.1. The Balaban J connectivity index is 2.09. The molecule has 1 fully saturated rings. The molecule has 9 nitrogen and oxygen atoms in total. The number of nitrogens with zero attached hydrogens (tertiary/aromatic N) is 1. The van der Waals surface area contributed by atoms with Crippen molar-refractivity contribution in [2.45, 2.75) is 72.0 Å². The Morgan fingerprint density at radius 3 is 2.38 bits per heavy atom. The van der Waals surface area contributed by atoms with E-state index in [1.54, 1.807) is 46.8 Å². The number of carbonyl (C=O) groups is 4. The number of aryl methyl sites for hydroxylation is 1. The number of ether oxygens (including phenoxy) is 1. The number of benzene rings is 1. The van der Waals surface area contributed by atoms with E-state index in [9.17, 15) is 19.2 Å². The van der Waals surface area contributed by atoms with Crippen LogP contribution < -0.4 is 5.32 Å². The molecular weight excluding hydrogens is 437 g/mol. The van der Waals surface area contributed by atoms with E-state index in [0.29, 0.717) is 5.56 Å². The molecule has 1 saturated heterocycles. The second-order valence-corrected chi connectivity index (χ2v) is 9.64. The van der Waals surface area contributed by atoms with E-state index in [-0.39, 0.29) is 18.5 Å². The van der Waals surface area contributed by atoms with Crippen molar-refractivity contribution in [3.63, 3.8) is 0 Å². The quantitative estimate of drug-likeness (QED) is 0.135. The van der Waals surface area contributed by atoms with Gasteiger partial charge in [0.05, 0.1) is 6.04 Å². The molecule has 2 N–H and O–H groups in total. The Labute approximate surface area is 201 Å². The maximum atomic E-state index is 13.3. The summed E-state index contributed by atoms with van der Waals surface area (Å²) in [6, 6.07) is 5.76. The Hall–Kier alpha value is -3.17. The number of hydrogen-bond acceptors (Lipinski definition) is 7. The highest BCUT2D eigenvalue weighted by molar-refractivity contribution is 6.30. The summed E-state index contributed by atoms with van der Waals surface area (Å²) in [4.78, 5) is 52.0. The second kappa shape index (κ2) is 11.3. The largest absolute Gasteiger partial charge is 0.556 e. The number of likely N-dealkylation sites (tertiary alicyclic amines) is 1. The predicted octanol–water partition coefficient (Wildman–Crippen LogP) is 3.13. The summed E-state index contributed by atoms with van der Waals surface area (Å²) in [6.07, 6.45) is 0.235. The molecular formula is C24H33BN3O6. The van der Waals surface area contributed by atoms with Crippen molar-refractivity contribution in [1.82, 2.24) is 10.2 Å². The highest BCUT2D eigenvalue weighted by atomic mass is 16.6. The third-order valence-electron chi connectivity index (χ3n) is 5.70. The van der Waals surface area contributed by atoms with Gasteiger partial charge >= 0.3 is 13.6 Å². The van der Waals surface area contributed by atoms with Gasteiger partial charge in [-0.1, -0.05) is 36.8 Å². The molecule has 1 aromatic carbocycles. The minimum atomic E-state index is -0.870. The van der Waals surface area contributed by atoms with E-state index in [4.69, 9.17) is 14.8 Å². The van der Waals surface area contributed by atoms with E-state index in [1.807, 2.05) is 19.1 Å². The molecule has 1 aliphatic rings. The monoisotopic (exact) mass is 470 g/mol. The first-order chi connectivity index (χ1) is 15.9. The van der Waals surface area contributed by atoms with Gasteiger partial charge in [0.1, 0.15) is 18.0 Å². The zero-order valence-electron chi connectivity index (χ0n) is 20.6. The molecule has 183 valence electrons. The topological polar surface area (TPSA) is 126 Å². The molecule has 0 aromatic heterocycles. The first-order valence-corrected chi connectivity index (χ1v) is 11.3. The van der Waals surface area contributed by atoms with Gasteiger partial charge in [-0.05, 0) is 46.9 Å². The van der Waals surface area contributed by atoms with Crippen LogP contribution in [0.25, 0.3) is 0 Å². The van der Waals surface area contributed by atoms with Gasteiger partial charge in [-0.25, -0.2) is 4.79 Å². The van der Waals surface area contributed by atoms with Crippen LogP contribution in [-0.2, 0) is 19.0 Å². The van der Waals surface area contributed by atoms with Crippen LogP contribution in [0.2, 0.25) is 6.32 Å². The van der Waals surface area contributed by atoms with Gasteiger partial charge in [0.2, 0.25) is 5.91 Å². The maximum absolute atomic E-state index is 13.3. The second-order valence-electron chi connectivity index (χ2n) is 9.64. The average Bonchev–Trinajstić information content (AvgIpc) is 2.74. The number of Topliss-reactive ketones (excluding diaryl/α,β-unsaturated/α-hetero) is 1. The van der Waals surface area contributed by atoms with Crippen LogP contribution in [0.5, 0.6) is 0 Å². The van der Waals surface area contributed by atoms with Crippen molar-refractivity contribution in [2.24, 2.45) is 11.8 Å². The van der Waals surface area contributed by atoms with Gasteiger partial charge in [0.25, 0.3) is 5.91 Å². The number of rotatable bonds is 10. The predicted molar refractivity (Wildman–Crippen MR) is 128 cm³/mol. The van der Waals surface area contributed by atoms with Crippen molar-refractivity contribution in [3.8, 4) is 0 Å². The number of hydrogen-bond donors (Lipinski definition) is 2. The highest BCUT2D eigenvalue weighted by Gasteiger charge is 2.51. The molecule has 1 heterocycles. The van der Waals surface area contributed by atoms with Gasteiger partial charge in [-0.2, -0.15) is 0 Å². The zero-order valence-corrected chi connectivity index (χ0v) is 20.6. The van der Waals surface area contributed by atoms with E-state index in [0.717, 1.165) is 16.9 Å². The van der Waals surface area contributed by atoms with Crippen LogP contribution in [0.15, 0.2) is 24.3 Å². The average molecular weight is 470 g/mol. The number of β-lactam (4-membered cyclic amide) rings is 1. The molecule has 0 spiro atoms. The van der Waals surface area contributed by atoms with Crippen molar-refractivity contribution in [2.75, 3.05) is 0 Å². The number of ketones is 1. The molecule has 1 aliphatic heterocycles. The molecule has 1 radical (unpaired) electrons. The van der Waals surface area contributed by atoms with Crippen LogP contribution in [0.3, 0.4) is 0 Å². The minimum Gasteiger partial charge on any atom is -0.556 e. The Kier molecular flexibility index (Phi) is 9.01. The molecule has 0 aliphatic carbocycles. The van der Waals surface area contributed by atoms with Gasteiger partial charge in [0, 0.05) is 17.9 Å². The summed E-state index contributed by atoms with van der Waals surface area (Å²) in [5.74, 6) is -2.20. The Morgan fingerprint density at radius 1 is 1.24 bits per heavy atom. The first-order valence-electron chi connectivity index (χ1n) is 11.3. The summed E-state index contributed by atoms with van der Waals surface area (Å²) in [7, 11) is 1.31. The standard InChI is InChI=1S/C24H33BN3O6/c1-14-7-9-17(10-8-14)19(29)11-15(2)18(12-25-33-13-26)21(30)28-16(3)20(22(28)31)27-23(32)34-24(4,5)6/h7-10,13,15-16,18,20,26H,11-12H2,1-6H3,(H,27,32)/t15-,16+,18+,20?/m0/s1. The van der Waals surface area contributed by atoms with Gasteiger partial charge in [0.15, 0.2) is 5.78 Å². The molecule has 0 bridgehead atoms. The van der Waals surface area contributed by atoms with Crippen LogP contribution in [0.4, 0.5) is 4.79 Å². The van der Waals surface area contributed by atoms with E-state index >= 15 is 0 Å². The molecule has 3 amide bonds. The van der Waals surface area contributed by atoms with E-state index in [1.165, 1.54) is 7.48 Å². The fourth-order valence-corrected chi connectivity index (χ4v) is 3.80. The van der Waals surface area contributed by atoms with Crippen molar-refractivity contribution in [1.29, 1.82) is 5.41 Å². The van der Waals surface area contributed by atoms with Gasteiger partial charge < -0.3 is 14.7 Å². The van der Waals surface area contributed by atoms with Crippen molar-refractivity contribution >= 4 is 37.6 Å². The number of amides is 3. The molecule has 34 heavy (non-hydrogen) atoms.